The van der Waals surface area contributed by atoms with Crippen LogP contribution in [0.15, 0.2) is 36.4 Å². The smallest absolute Gasteiger partial charge is 0.295 e. The number of carbonyl (C=O) groups is 1. The van der Waals surface area contributed by atoms with Crippen LogP contribution in [0.3, 0.4) is 0 Å². The summed E-state index contributed by atoms with van der Waals surface area (Å²) in [6, 6.07) is 9.36. The number of hydrogen-bond acceptors (Lipinski definition) is 6. The molecule has 1 amide bonds. The van der Waals surface area contributed by atoms with Gasteiger partial charge in [0.2, 0.25) is 5.91 Å². The van der Waals surface area contributed by atoms with Gasteiger partial charge in [-0.25, -0.2) is 4.39 Å². The summed E-state index contributed by atoms with van der Waals surface area (Å²) in [5, 5.41) is 14.2. The number of benzene rings is 2. The third-order valence-corrected chi connectivity index (χ3v) is 5.02. The molecule has 1 aliphatic rings. The molecule has 0 radical (unpaired) electrons. The molecule has 0 bridgehead atoms. The van der Waals surface area contributed by atoms with Gasteiger partial charge in [0.15, 0.2) is 11.6 Å². The van der Waals surface area contributed by atoms with E-state index in [1.807, 2.05) is 12.1 Å². The molecule has 0 aliphatic carbocycles. The second-order valence-corrected chi connectivity index (χ2v) is 6.68. The van der Waals surface area contributed by atoms with Crippen LogP contribution < -0.4 is 19.7 Å². The van der Waals surface area contributed by atoms with Crippen molar-refractivity contribution in [1.82, 2.24) is 0 Å². The molecule has 1 heterocycles. The van der Waals surface area contributed by atoms with Crippen molar-refractivity contribution >= 4 is 23.0 Å². The maximum absolute atomic E-state index is 13.9. The maximum atomic E-state index is 13.9. The Bertz CT molecular complexity index is 913. The Morgan fingerprint density at radius 2 is 1.83 bits per heavy atom. The lowest BCUT2D eigenvalue weighted by atomic mass is 9.95. The number of nitrogens with zero attached hydrogens (tertiary/aromatic N) is 2. The number of carbonyl (C=O) groups excluding carboxylic acids is 1. The highest BCUT2D eigenvalue weighted by Gasteiger charge is 2.30. The topological polar surface area (TPSA) is 93.9 Å². The number of rotatable bonds is 6. The second-order valence-electron chi connectivity index (χ2n) is 6.68. The first-order valence-electron chi connectivity index (χ1n) is 9.15. The van der Waals surface area contributed by atoms with Gasteiger partial charge in [-0.15, -0.1) is 0 Å². The minimum absolute atomic E-state index is 0.0540. The Morgan fingerprint density at radius 1 is 1.17 bits per heavy atom. The van der Waals surface area contributed by atoms with E-state index in [4.69, 9.17) is 9.47 Å². The van der Waals surface area contributed by atoms with E-state index in [1.165, 1.54) is 20.3 Å². The second kappa shape index (κ2) is 8.76. The van der Waals surface area contributed by atoms with Crippen molar-refractivity contribution in [3.8, 4) is 11.5 Å². The molecule has 154 valence electrons. The molecule has 1 N–H and O–H groups in total. The summed E-state index contributed by atoms with van der Waals surface area (Å²) in [5.74, 6) is -0.624. The zero-order chi connectivity index (χ0) is 21.0. The largest absolute Gasteiger partial charge is 0.495 e. The van der Waals surface area contributed by atoms with Gasteiger partial charge in [0.1, 0.15) is 11.4 Å². The van der Waals surface area contributed by atoms with Gasteiger partial charge in [-0.05, 0) is 25.0 Å². The van der Waals surface area contributed by atoms with Crippen molar-refractivity contribution in [1.29, 1.82) is 0 Å². The minimum atomic E-state index is -0.783. The lowest BCUT2D eigenvalue weighted by molar-refractivity contribution is -0.384. The summed E-state index contributed by atoms with van der Waals surface area (Å²) in [5.41, 5.74) is 0.568. The fourth-order valence-corrected chi connectivity index (χ4v) is 3.45. The van der Waals surface area contributed by atoms with Crippen molar-refractivity contribution in [2.75, 3.05) is 37.5 Å². The number of ether oxygens (including phenoxy) is 2. The van der Waals surface area contributed by atoms with E-state index >= 15 is 0 Å². The molecule has 2 aromatic rings. The molecule has 9 heteroatoms. The number of piperidine rings is 1. The van der Waals surface area contributed by atoms with Crippen LogP contribution in [-0.2, 0) is 4.79 Å². The van der Waals surface area contributed by atoms with E-state index in [1.54, 1.807) is 17.0 Å². The first kappa shape index (κ1) is 20.4. The summed E-state index contributed by atoms with van der Waals surface area (Å²) in [6.45, 7) is 0.860. The van der Waals surface area contributed by atoms with Gasteiger partial charge in [-0.3, -0.25) is 14.9 Å². The fourth-order valence-electron chi connectivity index (χ4n) is 3.45. The molecule has 29 heavy (non-hydrogen) atoms. The summed E-state index contributed by atoms with van der Waals surface area (Å²) in [4.78, 5) is 25.2. The SMILES string of the molecule is COc1cc(N2CCC(C(=O)Nc3ccccc3OC)CC2)c([N+](=O)[O-])cc1F. The molecule has 0 spiro atoms. The molecule has 2 aromatic carbocycles. The highest BCUT2D eigenvalue weighted by Crippen LogP contribution is 2.36. The van der Waals surface area contributed by atoms with E-state index in [9.17, 15) is 19.3 Å². The van der Waals surface area contributed by atoms with Crippen molar-refractivity contribution < 1.29 is 23.6 Å². The Kier molecular flexibility index (Phi) is 6.16. The Hall–Kier alpha value is -3.36. The van der Waals surface area contributed by atoms with Crippen molar-refractivity contribution in [2.24, 2.45) is 5.92 Å². The van der Waals surface area contributed by atoms with Crippen molar-refractivity contribution in [2.45, 2.75) is 12.8 Å². The molecule has 1 fully saturated rings. The van der Waals surface area contributed by atoms with Gasteiger partial charge in [0, 0.05) is 25.1 Å². The van der Waals surface area contributed by atoms with Crippen LogP contribution in [0.5, 0.6) is 11.5 Å². The number of nitro groups is 1. The number of methoxy groups -OCH3 is 2. The molecule has 0 aromatic heterocycles. The van der Waals surface area contributed by atoms with Crippen LogP contribution in [0.1, 0.15) is 12.8 Å². The van der Waals surface area contributed by atoms with Crippen LogP contribution in [0.25, 0.3) is 0 Å². The molecule has 3 rings (SSSR count). The first-order chi connectivity index (χ1) is 13.9. The first-order valence-corrected chi connectivity index (χ1v) is 9.15. The molecule has 0 saturated carbocycles. The zero-order valence-electron chi connectivity index (χ0n) is 16.2. The Labute approximate surface area is 167 Å². The summed E-state index contributed by atoms with van der Waals surface area (Å²) < 4.78 is 24.1. The minimum Gasteiger partial charge on any atom is -0.495 e. The molecular weight excluding hydrogens is 381 g/mol. The highest BCUT2D eigenvalue weighted by atomic mass is 19.1. The number of hydrogen-bond donors (Lipinski definition) is 1. The number of anilines is 2. The van der Waals surface area contributed by atoms with Gasteiger partial charge in [0.25, 0.3) is 5.69 Å². The quantitative estimate of drug-likeness (QED) is 0.585. The van der Waals surface area contributed by atoms with Gasteiger partial charge < -0.3 is 19.7 Å². The van der Waals surface area contributed by atoms with E-state index in [0.29, 0.717) is 37.4 Å². The zero-order valence-corrected chi connectivity index (χ0v) is 16.2. The van der Waals surface area contributed by atoms with E-state index in [-0.39, 0.29) is 28.9 Å². The molecular formula is C20H22FN3O5. The van der Waals surface area contributed by atoms with Crippen LogP contribution in [0.4, 0.5) is 21.5 Å². The van der Waals surface area contributed by atoms with Gasteiger partial charge in [0.05, 0.1) is 30.9 Å². The number of nitrogens with one attached hydrogen (secondary N) is 1. The summed E-state index contributed by atoms with van der Waals surface area (Å²) in [6.07, 6.45) is 1.02. The van der Waals surface area contributed by atoms with Gasteiger partial charge >= 0.3 is 0 Å². The average Bonchev–Trinajstić information content (AvgIpc) is 2.74. The van der Waals surface area contributed by atoms with Crippen molar-refractivity contribution in [3.05, 3.63) is 52.3 Å². The monoisotopic (exact) mass is 403 g/mol. The number of para-hydroxylation sites is 2. The maximum Gasteiger partial charge on any atom is 0.295 e. The van der Waals surface area contributed by atoms with Crippen LogP contribution >= 0.6 is 0 Å². The molecule has 1 aliphatic heterocycles. The van der Waals surface area contributed by atoms with E-state index in [2.05, 4.69) is 5.32 Å². The number of nitro benzene ring substituents is 1. The van der Waals surface area contributed by atoms with Gasteiger partial charge in [-0.2, -0.15) is 0 Å². The summed E-state index contributed by atoms with van der Waals surface area (Å²) >= 11 is 0. The molecule has 1 saturated heterocycles. The third kappa shape index (κ3) is 4.39. The molecule has 0 atom stereocenters. The van der Waals surface area contributed by atoms with Crippen LogP contribution in [0, 0.1) is 21.8 Å². The number of halogens is 1. The predicted molar refractivity (Wildman–Crippen MR) is 106 cm³/mol. The third-order valence-electron chi connectivity index (χ3n) is 5.02. The normalized spacial score (nSPS) is 14.4. The van der Waals surface area contributed by atoms with Gasteiger partial charge in [-0.1, -0.05) is 12.1 Å². The predicted octanol–water partition coefficient (Wildman–Crippen LogP) is 3.61. The van der Waals surface area contributed by atoms with E-state index in [0.717, 1.165) is 6.07 Å². The fraction of sp³-hybridized carbons (Fsp3) is 0.350. The Balaban J connectivity index is 1.70. The van der Waals surface area contributed by atoms with Crippen molar-refractivity contribution in [3.63, 3.8) is 0 Å². The Morgan fingerprint density at radius 3 is 2.45 bits per heavy atom. The highest BCUT2D eigenvalue weighted by molar-refractivity contribution is 5.94. The number of amides is 1. The van der Waals surface area contributed by atoms with Crippen LogP contribution in [0.2, 0.25) is 0 Å². The lowest BCUT2D eigenvalue weighted by Crippen LogP contribution is -2.38. The average molecular weight is 403 g/mol. The standard InChI is InChI=1S/C20H22FN3O5/c1-28-18-6-4-3-5-15(18)22-20(25)13-7-9-23(10-8-13)16-12-19(29-2)14(21)11-17(16)24(26)27/h3-6,11-13H,7-10H2,1-2H3,(H,22,25). The van der Waals surface area contributed by atoms with Crippen LogP contribution in [-0.4, -0.2) is 38.1 Å². The summed E-state index contributed by atoms with van der Waals surface area (Å²) in [7, 11) is 2.84. The van der Waals surface area contributed by atoms with E-state index < -0.39 is 10.7 Å². The lowest BCUT2D eigenvalue weighted by Gasteiger charge is -2.32. The molecule has 8 nitrogen and oxygen atoms in total. The molecule has 0 unspecified atom stereocenters.